The summed E-state index contributed by atoms with van der Waals surface area (Å²) in [6, 6.07) is 0. The minimum Gasteiger partial charge on any atom is -0.0654 e. The summed E-state index contributed by atoms with van der Waals surface area (Å²) >= 11 is 0. The van der Waals surface area contributed by atoms with Crippen molar-refractivity contribution in [2.75, 3.05) is 0 Å². The summed E-state index contributed by atoms with van der Waals surface area (Å²) in [6.45, 7) is 2.36. The van der Waals surface area contributed by atoms with E-state index in [9.17, 15) is 0 Å². The third-order valence-corrected chi connectivity index (χ3v) is 5.35. The molecule has 0 heterocycles. The van der Waals surface area contributed by atoms with Gasteiger partial charge in [-0.05, 0) is 43.4 Å². The maximum atomic E-state index is 2.36. The van der Waals surface area contributed by atoms with E-state index in [1.165, 1.54) is 51.4 Å². The van der Waals surface area contributed by atoms with Crippen LogP contribution >= 0.6 is 0 Å². The molecule has 0 aromatic rings. The molecule has 0 heteroatoms. The lowest BCUT2D eigenvalue weighted by molar-refractivity contribution is 0.0551. The van der Waals surface area contributed by atoms with E-state index in [0.717, 1.165) is 11.3 Å². The van der Waals surface area contributed by atoms with Crippen LogP contribution in [0.4, 0.5) is 0 Å². The highest BCUT2D eigenvalue weighted by Crippen LogP contribution is 2.51. The van der Waals surface area contributed by atoms with Crippen LogP contribution in [0.1, 0.15) is 90.4 Å². The fourth-order valence-corrected chi connectivity index (χ4v) is 4.36. The Morgan fingerprint density at radius 1 is 0.875 bits per heavy atom. The molecule has 0 nitrogen and oxygen atoms in total. The smallest absolute Gasteiger partial charge is 0.0269 e. The number of rotatable bonds is 4. The van der Waals surface area contributed by atoms with Gasteiger partial charge in [0.1, 0.15) is 0 Å². The second-order valence-corrected chi connectivity index (χ2v) is 6.36. The van der Waals surface area contributed by atoms with E-state index in [2.05, 4.69) is 6.92 Å². The molecule has 0 spiro atoms. The predicted octanol–water partition coefficient (Wildman–Crippen LogP) is 5.71. The van der Waals surface area contributed by atoms with Gasteiger partial charge in [-0.15, -0.1) is 0 Å². The topological polar surface area (TPSA) is 0 Å². The fourth-order valence-electron chi connectivity index (χ4n) is 4.36. The number of unbranched alkanes of at least 4 members (excludes halogenated alkanes) is 1. The van der Waals surface area contributed by atoms with Crippen molar-refractivity contribution >= 4 is 0 Å². The van der Waals surface area contributed by atoms with Gasteiger partial charge in [0.05, 0.1) is 0 Å². The van der Waals surface area contributed by atoms with Crippen molar-refractivity contribution in [2.45, 2.75) is 90.4 Å². The van der Waals surface area contributed by atoms with Gasteiger partial charge < -0.3 is 0 Å². The molecule has 0 aromatic heterocycles. The lowest BCUT2D eigenvalue weighted by Gasteiger charge is -2.46. The first kappa shape index (κ1) is 12.5. The molecule has 0 aromatic carbocycles. The summed E-state index contributed by atoms with van der Waals surface area (Å²) in [4.78, 5) is 0. The van der Waals surface area contributed by atoms with Crippen molar-refractivity contribution in [3.63, 3.8) is 0 Å². The molecule has 0 aliphatic heterocycles. The molecule has 0 saturated heterocycles. The molecule has 2 aliphatic carbocycles. The van der Waals surface area contributed by atoms with Gasteiger partial charge in [0.2, 0.25) is 0 Å². The average molecular weight is 222 g/mol. The van der Waals surface area contributed by atoms with Crippen molar-refractivity contribution < 1.29 is 0 Å². The molecule has 2 rings (SSSR count). The zero-order chi connectivity index (χ0) is 11.3. The molecule has 16 heavy (non-hydrogen) atoms. The van der Waals surface area contributed by atoms with E-state index >= 15 is 0 Å². The Morgan fingerprint density at radius 3 is 2.12 bits per heavy atom. The Kier molecular flexibility index (Phi) is 4.73. The van der Waals surface area contributed by atoms with Gasteiger partial charge in [0, 0.05) is 0 Å². The van der Waals surface area contributed by atoms with E-state index in [-0.39, 0.29) is 0 Å². The Hall–Kier alpha value is 0. The fraction of sp³-hybridized carbons (Fsp3) is 1.00. The maximum absolute atomic E-state index is 2.36. The molecule has 94 valence electrons. The Bertz CT molecular complexity index is 182. The first-order valence-corrected chi connectivity index (χ1v) is 7.87. The first-order chi connectivity index (χ1) is 7.87. The van der Waals surface area contributed by atoms with E-state index in [1.807, 2.05) is 0 Å². The zero-order valence-corrected chi connectivity index (χ0v) is 11.3. The second kappa shape index (κ2) is 6.07. The number of hydrogen-bond donors (Lipinski definition) is 0. The van der Waals surface area contributed by atoms with Crippen molar-refractivity contribution in [3.8, 4) is 0 Å². The molecule has 2 saturated carbocycles. The predicted molar refractivity (Wildman–Crippen MR) is 71.6 cm³/mol. The molecule has 0 bridgehead atoms. The Labute approximate surface area is 102 Å². The Balaban J connectivity index is 1.99. The summed E-state index contributed by atoms with van der Waals surface area (Å²) < 4.78 is 0. The quantitative estimate of drug-likeness (QED) is 0.571. The highest BCUT2D eigenvalue weighted by atomic mass is 14.4. The van der Waals surface area contributed by atoms with E-state index in [1.54, 1.807) is 32.1 Å². The molecular formula is C16H30. The van der Waals surface area contributed by atoms with Gasteiger partial charge >= 0.3 is 0 Å². The van der Waals surface area contributed by atoms with E-state index in [0.29, 0.717) is 0 Å². The third-order valence-electron chi connectivity index (χ3n) is 5.35. The SMILES string of the molecule is CCCCC1(C2CCCCC2)CCCCC1. The molecule has 0 unspecified atom stereocenters. The Morgan fingerprint density at radius 2 is 1.50 bits per heavy atom. The van der Waals surface area contributed by atoms with Crippen molar-refractivity contribution in [3.05, 3.63) is 0 Å². The van der Waals surface area contributed by atoms with Crippen molar-refractivity contribution in [2.24, 2.45) is 11.3 Å². The van der Waals surface area contributed by atoms with Gasteiger partial charge in [-0.3, -0.25) is 0 Å². The molecular weight excluding hydrogens is 192 g/mol. The second-order valence-electron chi connectivity index (χ2n) is 6.36. The summed E-state index contributed by atoms with van der Waals surface area (Å²) in [5.41, 5.74) is 0.800. The van der Waals surface area contributed by atoms with Gasteiger partial charge in [0.15, 0.2) is 0 Å². The van der Waals surface area contributed by atoms with Crippen LogP contribution in [0.25, 0.3) is 0 Å². The third kappa shape index (κ3) is 2.81. The lowest BCUT2D eigenvalue weighted by atomic mass is 9.60. The highest BCUT2D eigenvalue weighted by Gasteiger charge is 2.38. The van der Waals surface area contributed by atoms with Gasteiger partial charge in [0.25, 0.3) is 0 Å². The van der Waals surface area contributed by atoms with Crippen molar-refractivity contribution in [1.82, 2.24) is 0 Å². The monoisotopic (exact) mass is 222 g/mol. The van der Waals surface area contributed by atoms with Crippen LogP contribution < -0.4 is 0 Å². The first-order valence-electron chi connectivity index (χ1n) is 7.87. The van der Waals surface area contributed by atoms with Crippen LogP contribution in [0.2, 0.25) is 0 Å². The molecule has 0 N–H and O–H groups in total. The molecule has 2 fully saturated rings. The lowest BCUT2D eigenvalue weighted by Crippen LogP contribution is -2.34. The standard InChI is InChI=1S/C16H30/c1-2-3-12-16(13-8-5-9-14-16)15-10-6-4-7-11-15/h15H,2-14H2,1H3. The van der Waals surface area contributed by atoms with Gasteiger partial charge in [-0.25, -0.2) is 0 Å². The van der Waals surface area contributed by atoms with Crippen LogP contribution in [0.15, 0.2) is 0 Å². The average Bonchev–Trinajstić information content (AvgIpc) is 2.38. The molecule has 2 aliphatic rings. The summed E-state index contributed by atoms with van der Waals surface area (Å²) in [5, 5.41) is 0. The molecule has 0 atom stereocenters. The zero-order valence-electron chi connectivity index (χ0n) is 11.3. The summed E-state index contributed by atoms with van der Waals surface area (Å²) in [6.07, 6.45) is 19.8. The number of hydrogen-bond acceptors (Lipinski definition) is 0. The molecule has 0 amide bonds. The minimum absolute atomic E-state index is 0.800. The normalized spacial score (nSPS) is 26.8. The van der Waals surface area contributed by atoms with Crippen LogP contribution in [-0.4, -0.2) is 0 Å². The van der Waals surface area contributed by atoms with Crippen LogP contribution in [0.5, 0.6) is 0 Å². The van der Waals surface area contributed by atoms with Gasteiger partial charge in [-0.2, -0.15) is 0 Å². The van der Waals surface area contributed by atoms with Crippen LogP contribution in [0.3, 0.4) is 0 Å². The van der Waals surface area contributed by atoms with E-state index in [4.69, 9.17) is 0 Å². The van der Waals surface area contributed by atoms with Crippen molar-refractivity contribution in [1.29, 1.82) is 0 Å². The minimum atomic E-state index is 0.800. The van der Waals surface area contributed by atoms with Crippen LogP contribution in [-0.2, 0) is 0 Å². The maximum Gasteiger partial charge on any atom is -0.0269 e. The van der Waals surface area contributed by atoms with E-state index < -0.39 is 0 Å². The summed E-state index contributed by atoms with van der Waals surface area (Å²) in [7, 11) is 0. The van der Waals surface area contributed by atoms with Gasteiger partial charge in [-0.1, -0.05) is 58.3 Å². The van der Waals surface area contributed by atoms with Crippen LogP contribution in [0, 0.1) is 11.3 Å². The molecule has 0 radical (unpaired) electrons. The summed E-state index contributed by atoms with van der Waals surface area (Å²) in [5.74, 6) is 1.10. The largest absolute Gasteiger partial charge is 0.0654 e. The highest BCUT2D eigenvalue weighted by molar-refractivity contribution is 4.90.